The summed E-state index contributed by atoms with van der Waals surface area (Å²) in [4.78, 5) is 2.69. The van der Waals surface area contributed by atoms with Crippen LogP contribution in [0.15, 0.2) is 0 Å². The lowest BCUT2D eigenvalue weighted by atomic mass is 9.72. The number of nitrogens with zero attached hydrogens (tertiary/aromatic N) is 1. The summed E-state index contributed by atoms with van der Waals surface area (Å²) < 4.78 is 5.80. The van der Waals surface area contributed by atoms with Gasteiger partial charge in [0.1, 0.15) is 0 Å². The molecule has 2 atom stereocenters. The van der Waals surface area contributed by atoms with Crippen LogP contribution < -0.4 is 5.32 Å². The van der Waals surface area contributed by atoms with Crippen molar-refractivity contribution in [1.29, 1.82) is 0 Å². The quantitative estimate of drug-likeness (QED) is 0.815. The van der Waals surface area contributed by atoms with Crippen molar-refractivity contribution in [3.05, 3.63) is 0 Å². The summed E-state index contributed by atoms with van der Waals surface area (Å²) >= 11 is 0. The Bertz CT molecular complexity index is 240. The van der Waals surface area contributed by atoms with Crippen LogP contribution in [0.2, 0.25) is 0 Å². The Kier molecular flexibility index (Phi) is 4.45. The van der Waals surface area contributed by atoms with Gasteiger partial charge in [-0.2, -0.15) is 0 Å². The normalized spacial score (nSPS) is 34.8. The summed E-state index contributed by atoms with van der Waals surface area (Å²) in [5.74, 6) is 0. The number of morpholine rings is 1. The number of likely N-dealkylation sites (N-methyl/N-ethyl adjacent to an activating group) is 1. The number of ether oxygens (including phenoxy) is 1. The Morgan fingerprint density at radius 3 is 2.88 bits per heavy atom. The van der Waals surface area contributed by atoms with E-state index in [0.29, 0.717) is 11.5 Å². The second kappa shape index (κ2) is 5.68. The monoisotopic (exact) mass is 240 g/mol. The first-order valence-corrected chi connectivity index (χ1v) is 7.14. The van der Waals surface area contributed by atoms with Gasteiger partial charge >= 0.3 is 0 Å². The van der Waals surface area contributed by atoms with Crippen LogP contribution in [-0.4, -0.2) is 50.3 Å². The van der Waals surface area contributed by atoms with Gasteiger partial charge in [0, 0.05) is 25.7 Å². The van der Waals surface area contributed by atoms with Crippen LogP contribution in [0.3, 0.4) is 0 Å². The summed E-state index contributed by atoms with van der Waals surface area (Å²) in [5, 5.41) is 3.23. The van der Waals surface area contributed by atoms with Crippen molar-refractivity contribution in [1.82, 2.24) is 10.2 Å². The molecule has 0 bridgehead atoms. The predicted octanol–water partition coefficient (Wildman–Crippen LogP) is 1.88. The van der Waals surface area contributed by atoms with Gasteiger partial charge in [-0.15, -0.1) is 0 Å². The molecule has 0 spiro atoms. The molecule has 0 aromatic heterocycles. The Labute approximate surface area is 106 Å². The van der Waals surface area contributed by atoms with Gasteiger partial charge in [-0.05, 0) is 25.3 Å². The minimum Gasteiger partial charge on any atom is -0.374 e. The number of hydrogen-bond acceptors (Lipinski definition) is 3. The van der Waals surface area contributed by atoms with Crippen LogP contribution in [-0.2, 0) is 4.74 Å². The Balaban J connectivity index is 1.95. The van der Waals surface area contributed by atoms with Crippen LogP contribution in [0.25, 0.3) is 0 Å². The van der Waals surface area contributed by atoms with Crippen molar-refractivity contribution >= 4 is 0 Å². The van der Waals surface area contributed by atoms with E-state index < -0.39 is 0 Å². The lowest BCUT2D eigenvalue weighted by Crippen LogP contribution is -2.55. The maximum absolute atomic E-state index is 5.80. The van der Waals surface area contributed by atoms with Crippen molar-refractivity contribution in [2.24, 2.45) is 5.41 Å². The lowest BCUT2D eigenvalue weighted by molar-refractivity contribution is -0.0692. The van der Waals surface area contributed by atoms with Crippen molar-refractivity contribution in [2.75, 3.05) is 33.3 Å². The highest BCUT2D eigenvalue weighted by Crippen LogP contribution is 2.39. The van der Waals surface area contributed by atoms with Crippen LogP contribution in [0, 0.1) is 5.41 Å². The lowest BCUT2D eigenvalue weighted by Gasteiger charge is -2.48. The fraction of sp³-hybridized carbons (Fsp3) is 1.00. The molecule has 1 heterocycles. The molecule has 0 radical (unpaired) electrons. The molecule has 0 aromatic carbocycles. The molecule has 0 amide bonds. The molecule has 1 aliphatic heterocycles. The highest BCUT2D eigenvalue weighted by molar-refractivity contribution is 4.91. The van der Waals surface area contributed by atoms with Gasteiger partial charge in [-0.3, -0.25) is 4.90 Å². The van der Waals surface area contributed by atoms with E-state index in [0.717, 1.165) is 32.3 Å². The molecule has 1 aliphatic carbocycles. The molecule has 0 aromatic rings. The molecule has 3 nitrogen and oxygen atoms in total. The summed E-state index contributed by atoms with van der Waals surface area (Å²) in [6.45, 7) is 8.99. The minimum atomic E-state index is 0.381. The Hall–Kier alpha value is -0.120. The maximum atomic E-state index is 5.80. The highest BCUT2D eigenvalue weighted by atomic mass is 16.5. The van der Waals surface area contributed by atoms with Gasteiger partial charge in [0.25, 0.3) is 0 Å². The van der Waals surface area contributed by atoms with Crippen LogP contribution >= 0.6 is 0 Å². The second-order valence-electron chi connectivity index (χ2n) is 6.30. The van der Waals surface area contributed by atoms with Gasteiger partial charge < -0.3 is 10.1 Å². The third-order valence-corrected chi connectivity index (χ3v) is 4.49. The summed E-state index contributed by atoms with van der Waals surface area (Å²) in [6.07, 6.45) is 5.95. The van der Waals surface area contributed by atoms with Gasteiger partial charge in [-0.1, -0.05) is 26.7 Å². The molecule has 1 saturated carbocycles. The van der Waals surface area contributed by atoms with Crippen LogP contribution in [0.4, 0.5) is 0 Å². The molecule has 2 fully saturated rings. The average molecular weight is 240 g/mol. The van der Waals surface area contributed by atoms with Gasteiger partial charge in [0.05, 0.1) is 12.7 Å². The van der Waals surface area contributed by atoms with E-state index in [4.69, 9.17) is 4.74 Å². The SMILES string of the molecule is CNCC1CN(C2CCCCC2(C)C)CCO1. The van der Waals surface area contributed by atoms with Gasteiger partial charge in [0.15, 0.2) is 0 Å². The molecule has 1 N–H and O–H groups in total. The zero-order chi connectivity index (χ0) is 12.3. The number of hydrogen-bond donors (Lipinski definition) is 1. The van der Waals surface area contributed by atoms with Crippen molar-refractivity contribution in [3.63, 3.8) is 0 Å². The van der Waals surface area contributed by atoms with E-state index in [1.807, 2.05) is 7.05 Å². The molecule has 17 heavy (non-hydrogen) atoms. The van der Waals surface area contributed by atoms with E-state index in [1.54, 1.807) is 0 Å². The molecule has 3 heteroatoms. The topological polar surface area (TPSA) is 24.5 Å². The van der Waals surface area contributed by atoms with Gasteiger partial charge in [-0.25, -0.2) is 0 Å². The molecular formula is C14H28N2O. The van der Waals surface area contributed by atoms with Crippen molar-refractivity contribution < 1.29 is 4.74 Å². The van der Waals surface area contributed by atoms with E-state index in [1.165, 1.54) is 25.7 Å². The molecule has 2 rings (SSSR count). The van der Waals surface area contributed by atoms with Crippen molar-refractivity contribution in [3.8, 4) is 0 Å². The van der Waals surface area contributed by atoms with Crippen LogP contribution in [0.5, 0.6) is 0 Å². The smallest absolute Gasteiger partial charge is 0.0826 e. The van der Waals surface area contributed by atoms with Gasteiger partial charge in [0.2, 0.25) is 0 Å². The third-order valence-electron chi connectivity index (χ3n) is 4.49. The minimum absolute atomic E-state index is 0.381. The summed E-state index contributed by atoms with van der Waals surface area (Å²) in [6, 6.07) is 0.763. The number of rotatable bonds is 3. The van der Waals surface area contributed by atoms with E-state index in [2.05, 4.69) is 24.1 Å². The third kappa shape index (κ3) is 3.21. The standard InChI is InChI=1S/C14H28N2O/c1-14(2)7-5-4-6-13(14)16-8-9-17-12(11-16)10-15-3/h12-13,15H,4-11H2,1-3H3. The first-order chi connectivity index (χ1) is 8.13. The molecule has 1 saturated heterocycles. The second-order valence-corrected chi connectivity index (χ2v) is 6.30. The largest absolute Gasteiger partial charge is 0.374 e. The fourth-order valence-electron chi connectivity index (χ4n) is 3.53. The molecule has 2 unspecified atom stereocenters. The average Bonchev–Trinajstić information content (AvgIpc) is 2.29. The Morgan fingerprint density at radius 1 is 1.35 bits per heavy atom. The molecular weight excluding hydrogens is 212 g/mol. The zero-order valence-electron chi connectivity index (χ0n) is 11.7. The first-order valence-electron chi connectivity index (χ1n) is 7.14. The molecule has 2 aliphatic rings. The predicted molar refractivity (Wildman–Crippen MR) is 71.3 cm³/mol. The van der Waals surface area contributed by atoms with E-state index in [-0.39, 0.29) is 0 Å². The van der Waals surface area contributed by atoms with Crippen LogP contribution in [0.1, 0.15) is 39.5 Å². The molecule has 100 valence electrons. The summed E-state index contributed by atoms with van der Waals surface area (Å²) in [5.41, 5.74) is 0.486. The highest BCUT2D eigenvalue weighted by Gasteiger charge is 2.37. The number of nitrogens with one attached hydrogen (secondary N) is 1. The first kappa shape index (κ1) is 13.3. The summed E-state index contributed by atoms with van der Waals surface area (Å²) in [7, 11) is 2.01. The maximum Gasteiger partial charge on any atom is 0.0826 e. The zero-order valence-corrected chi connectivity index (χ0v) is 11.7. The fourth-order valence-corrected chi connectivity index (χ4v) is 3.53. The van der Waals surface area contributed by atoms with E-state index in [9.17, 15) is 0 Å². The Morgan fingerprint density at radius 2 is 2.18 bits per heavy atom. The van der Waals surface area contributed by atoms with Crippen molar-refractivity contribution in [2.45, 2.75) is 51.7 Å². The van der Waals surface area contributed by atoms with E-state index >= 15 is 0 Å².